The van der Waals surface area contributed by atoms with Gasteiger partial charge in [0.05, 0.1) is 11.3 Å². The number of nitrogens with zero attached hydrogens (tertiary/aromatic N) is 2. The molecule has 1 aliphatic rings. The van der Waals surface area contributed by atoms with E-state index in [-0.39, 0.29) is 23.1 Å². The first kappa shape index (κ1) is 18.4. The molecule has 0 unspecified atom stereocenters. The van der Waals surface area contributed by atoms with E-state index in [9.17, 15) is 14.7 Å². The zero-order valence-electron chi connectivity index (χ0n) is 14.4. The zero-order valence-corrected chi connectivity index (χ0v) is 14.4. The number of likely N-dealkylation sites (tertiary alicyclic amines) is 1. The van der Waals surface area contributed by atoms with Gasteiger partial charge >= 0.3 is 0 Å². The Morgan fingerprint density at radius 1 is 1.18 bits per heavy atom. The summed E-state index contributed by atoms with van der Waals surface area (Å²) in [6.07, 6.45) is 4.35. The first-order chi connectivity index (χ1) is 10.3. The predicted octanol–water partition coefficient (Wildman–Crippen LogP) is 3.40. The molecule has 0 aliphatic carbocycles. The molecule has 1 fully saturated rings. The first-order valence-electron chi connectivity index (χ1n) is 8.09. The number of hydrogen-bond donors (Lipinski definition) is 1. The maximum Gasteiger partial charge on any atom is 0.259 e. The lowest BCUT2D eigenvalue weighted by Crippen LogP contribution is -2.41. The van der Waals surface area contributed by atoms with E-state index in [0.29, 0.717) is 25.0 Å². The number of hydrogen-bond acceptors (Lipinski definition) is 3. The van der Waals surface area contributed by atoms with Crippen molar-refractivity contribution in [2.24, 2.45) is 4.99 Å². The van der Waals surface area contributed by atoms with Crippen LogP contribution in [0.25, 0.3) is 0 Å². The second-order valence-electron chi connectivity index (χ2n) is 6.31. The molecule has 0 spiro atoms. The summed E-state index contributed by atoms with van der Waals surface area (Å²) in [6, 6.07) is 0. The van der Waals surface area contributed by atoms with E-state index in [1.165, 1.54) is 4.90 Å². The summed E-state index contributed by atoms with van der Waals surface area (Å²) in [4.78, 5) is 30.1. The van der Waals surface area contributed by atoms with Crippen LogP contribution in [0.2, 0.25) is 0 Å². The van der Waals surface area contributed by atoms with E-state index in [1.807, 2.05) is 20.8 Å². The van der Waals surface area contributed by atoms with Crippen LogP contribution in [0.5, 0.6) is 0 Å². The Morgan fingerprint density at radius 2 is 1.82 bits per heavy atom. The Bertz CT molecular complexity index is 504. The second kappa shape index (κ2) is 7.56. The second-order valence-corrected chi connectivity index (χ2v) is 6.31. The van der Waals surface area contributed by atoms with Gasteiger partial charge in [0.1, 0.15) is 11.3 Å². The SMILES string of the molecule is CCCCC/C(O)=C1\C(=O)N(C)C(C)(C)C1=NC(=O)CCC. The van der Waals surface area contributed by atoms with Crippen molar-refractivity contribution < 1.29 is 14.7 Å². The maximum absolute atomic E-state index is 12.5. The highest BCUT2D eigenvalue weighted by Gasteiger charge is 2.47. The first-order valence-corrected chi connectivity index (χ1v) is 8.09. The lowest BCUT2D eigenvalue weighted by molar-refractivity contribution is -0.126. The third kappa shape index (κ3) is 3.76. The van der Waals surface area contributed by atoms with Crippen LogP contribution in [0.1, 0.15) is 66.2 Å². The highest BCUT2D eigenvalue weighted by molar-refractivity contribution is 6.32. The third-order valence-electron chi connectivity index (χ3n) is 4.18. The standard InChI is InChI=1S/C17H28N2O3/c1-6-8-9-11-12(20)14-15(18-13(21)10-7-2)17(3,4)19(5)16(14)22/h20H,6-11H2,1-5H3/b14-12+,18-15?. The van der Waals surface area contributed by atoms with E-state index >= 15 is 0 Å². The molecule has 1 heterocycles. The van der Waals surface area contributed by atoms with E-state index in [4.69, 9.17) is 0 Å². The van der Waals surface area contributed by atoms with Gasteiger partial charge < -0.3 is 10.0 Å². The third-order valence-corrected chi connectivity index (χ3v) is 4.18. The predicted molar refractivity (Wildman–Crippen MR) is 88.0 cm³/mol. The van der Waals surface area contributed by atoms with Gasteiger partial charge in [-0.25, -0.2) is 4.99 Å². The van der Waals surface area contributed by atoms with Crippen molar-refractivity contribution in [3.05, 3.63) is 11.3 Å². The molecule has 22 heavy (non-hydrogen) atoms. The lowest BCUT2D eigenvalue weighted by atomic mass is 9.95. The Balaban J connectivity index is 3.23. The molecular weight excluding hydrogens is 280 g/mol. The summed E-state index contributed by atoms with van der Waals surface area (Å²) in [6.45, 7) is 7.68. The highest BCUT2D eigenvalue weighted by atomic mass is 16.3. The molecule has 0 atom stereocenters. The number of likely N-dealkylation sites (N-methyl/N-ethyl adjacent to an activating group) is 1. The number of unbranched alkanes of at least 4 members (excludes halogenated alkanes) is 2. The molecule has 1 aliphatic heterocycles. The number of carbonyl (C=O) groups excluding carboxylic acids is 2. The van der Waals surface area contributed by atoms with E-state index < -0.39 is 5.54 Å². The van der Waals surface area contributed by atoms with Crippen LogP contribution in [0.15, 0.2) is 16.3 Å². The minimum Gasteiger partial charge on any atom is -0.511 e. The molecule has 1 saturated heterocycles. The fraction of sp³-hybridized carbons (Fsp3) is 0.706. The van der Waals surface area contributed by atoms with Crippen molar-refractivity contribution in [1.29, 1.82) is 0 Å². The van der Waals surface area contributed by atoms with Gasteiger partial charge in [-0.15, -0.1) is 0 Å². The van der Waals surface area contributed by atoms with Gasteiger partial charge in [-0.3, -0.25) is 9.59 Å². The molecule has 0 radical (unpaired) electrons. The molecule has 2 amide bonds. The summed E-state index contributed by atoms with van der Waals surface area (Å²) in [7, 11) is 1.68. The number of amides is 2. The summed E-state index contributed by atoms with van der Waals surface area (Å²) in [5.74, 6) is -0.450. The van der Waals surface area contributed by atoms with Crippen molar-refractivity contribution in [3.8, 4) is 0 Å². The number of allylic oxidation sites excluding steroid dienone is 1. The molecular formula is C17H28N2O3. The van der Waals surface area contributed by atoms with Crippen molar-refractivity contribution in [2.45, 2.75) is 71.8 Å². The largest absolute Gasteiger partial charge is 0.511 e. The molecule has 5 heteroatoms. The van der Waals surface area contributed by atoms with Gasteiger partial charge in [-0.05, 0) is 26.7 Å². The zero-order chi connectivity index (χ0) is 16.9. The number of aliphatic hydroxyl groups is 1. The molecule has 5 nitrogen and oxygen atoms in total. The maximum atomic E-state index is 12.5. The van der Waals surface area contributed by atoms with Crippen LogP contribution in [-0.2, 0) is 9.59 Å². The monoisotopic (exact) mass is 308 g/mol. The Labute approximate surface area is 133 Å². The smallest absolute Gasteiger partial charge is 0.259 e. The average Bonchev–Trinajstić information content (AvgIpc) is 2.61. The van der Waals surface area contributed by atoms with E-state index in [2.05, 4.69) is 11.9 Å². The number of aliphatic hydroxyl groups excluding tert-OH is 1. The molecule has 0 aromatic rings. The van der Waals surface area contributed by atoms with Crippen LogP contribution in [0, 0.1) is 0 Å². The lowest BCUT2D eigenvalue weighted by Gasteiger charge is -2.27. The van der Waals surface area contributed by atoms with Gasteiger partial charge in [0.2, 0.25) is 5.91 Å². The van der Waals surface area contributed by atoms with Crippen molar-refractivity contribution in [2.75, 3.05) is 7.05 Å². The van der Waals surface area contributed by atoms with Crippen molar-refractivity contribution in [1.82, 2.24) is 4.90 Å². The fourth-order valence-corrected chi connectivity index (χ4v) is 2.50. The van der Waals surface area contributed by atoms with Crippen LogP contribution in [0.4, 0.5) is 0 Å². The molecule has 1 N–H and O–H groups in total. The van der Waals surface area contributed by atoms with E-state index in [0.717, 1.165) is 19.3 Å². The van der Waals surface area contributed by atoms with Gasteiger partial charge in [-0.1, -0.05) is 26.7 Å². The topological polar surface area (TPSA) is 70.0 Å². The van der Waals surface area contributed by atoms with Crippen LogP contribution < -0.4 is 0 Å². The summed E-state index contributed by atoms with van der Waals surface area (Å²) in [5.41, 5.74) is -0.0744. The molecule has 0 aromatic heterocycles. The summed E-state index contributed by atoms with van der Waals surface area (Å²) >= 11 is 0. The van der Waals surface area contributed by atoms with Crippen LogP contribution in [-0.4, -0.2) is 40.1 Å². The molecule has 0 aromatic carbocycles. The van der Waals surface area contributed by atoms with Crippen molar-refractivity contribution in [3.63, 3.8) is 0 Å². The van der Waals surface area contributed by atoms with Gasteiger partial charge in [0.15, 0.2) is 0 Å². The quantitative estimate of drug-likeness (QED) is 0.464. The molecule has 0 bridgehead atoms. The number of carbonyl (C=O) groups is 2. The minimum absolute atomic E-state index is 0.0546. The minimum atomic E-state index is -0.686. The van der Waals surface area contributed by atoms with E-state index in [1.54, 1.807) is 7.05 Å². The average molecular weight is 308 g/mol. The Hall–Kier alpha value is -1.65. The normalized spacial score (nSPS) is 21.6. The summed E-state index contributed by atoms with van der Waals surface area (Å²) in [5, 5.41) is 10.3. The highest BCUT2D eigenvalue weighted by Crippen LogP contribution is 2.32. The summed E-state index contributed by atoms with van der Waals surface area (Å²) < 4.78 is 0. The number of aliphatic imine (C=N–C) groups is 1. The molecule has 1 rings (SSSR count). The van der Waals surface area contributed by atoms with Gasteiger partial charge in [-0.2, -0.15) is 0 Å². The number of rotatable bonds is 6. The van der Waals surface area contributed by atoms with Crippen LogP contribution in [0.3, 0.4) is 0 Å². The fourth-order valence-electron chi connectivity index (χ4n) is 2.50. The Morgan fingerprint density at radius 3 is 2.36 bits per heavy atom. The molecule has 0 saturated carbocycles. The van der Waals surface area contributed by atoms with Crippen molar-refractivity contribution >= 4 is 17.5 Å². The molecule has 124 valence electrons. The van der Waals surface area contributed by atoms with Crippen LogP contribution >= 0.6 is 0 Å². The Kier molecular flexibility index (Phi) is 6.33. The van der Waals surface area contributed by atoms with Gasteiger partial charge in [0, 0.05) is 19.9 Å². The van der Waals surface area contributed by atoms with Gasteiger partial charge in [0.25, 0.3) is 5.91 Å².